The van der Waals surface area contributed by atoms with Crippen LogP contribution in [0.15, 0.2) is 30.3 Å². The van der Waals surface area contributed by atoms with Crippen molar-refractivity contribution in [3.05, 3.63) is 35.9 Å². The van der Waals surface area contributed by atoms with Crippen LogP contribution in [0, 0.1) is 5.92 Å². The van der Waals surface area contributed by atoms with E-state index in [1.54, 1.807) is 0 Å². The lowest BCUT2D eigenvalue weighted by atomic mass is 9.84. The van der Waals surface area contributed by atoms with Gasteiger partial charge in [0.2, 0.25) is 5.91 Å². The van der Waals surface area contributed by atoms with E-state index in [1.165, 1.54) is 6.42 Å². The van der Waals surface area contributed by atoms with Crippen molar-refractivity contribution < 1.29 is 14.3 Å². The van der Waals surface area contributed by atoms with Gasteiger partial charge in [0.1, 0.15) is 12.6 Å². The lowest BCUT2D eigenvalue weighted by Gasteiger charge is -2.35. The highest BCUT2D eigenvalue weighted by molar-refractivity contribution is 5.88. The van der Waals surface area contributed by atoms with Crippen LogP contribution in [0.25, 0.3) is 0 Å². The molecule has 0 spiro atoms. The number of nitrogens with zero attached hydrogens (tertiary/aromatic N) is 1. The number of nitrogens with one attached hydrogen (secondary N) is 1. The van der Waals surface area contributed by atoms with Crippen molar-refractivity contribution in [3.63, 3.8) is 0 Å². The van der Waals surface area contributed by atoms with Crippen LogP contribution in [0.3, 0.4) is 0 Å². The summed E-state index contributed by atoms with van der Waals surface area (Å²) in [7, 11) is 0. The van der Waals surface area contributed by atoms with Gasteiger partial charge in [0.25, 0.3) is 0 Å². The van der Waals surface area contributed by atoms with E-state index in [1.807, 2.05) is 42.2 Å². The Kier molecular flexibility index (Phi) is 7.49. The summed E-state index contributed by atoms with van der Waals surface area (Å²) < 4.78 is 5.62. The smallest absolute Gasteiger partial charge is 0.329 e. The molecule has 1 amide bonds. The van der Waals surface area contributed by atoms with Crippen LogP contribution in [0.1, 0.15) is 64.4 Å². The maximum atomic E-state index is 13.2. The highest BCUT2D eigenvalue weighted by Crippen LogP contribution is 2.40. The van der Waals surface area contributed by atoms with E-state index in [-0.39, 0.29) is 30.6 Å². The van der Waals surface area contributed by atoms with E-state index in [0.717, 1.165) is 50.6 Å². The third-order valence-corrected chi connectivity index (χ3v) is 6.19. The maximum Gasteiger partial charge on any atom is 0.329 e. The average molecular weight is 387 g/mol. The number of unbranched alkanes of at least 4 members (excludes halogenated alkanes) is 1. The monoisotopic (exact) mass is 386 g/mol. The van der Waals surface area contributed by atoms with Crippen LogP contribution in [0.4, 0.5) is 0 Å². The molecule has 1 saturated carbocycles. The molecule has 1 saturated heterocycles. The molecule has 5 heteroatoms. The van der Waals surface area contributed by atoms with E-state index in [2.05, 4.69) is 12.2 Å². The lowest BCUT2D eigenvalue weighted by molar-refractivity contribution is -0.156. The third-order valence-electron chi connectivity index (χ3n) is 6.19. The molecule has 0 bridgehead atoms. The van der Waals surface area contributed by atoms with E-state index in [4.69, 9.17) is 4.74 Å². The van der Waals surface area contributed by atoms with Gasteiger partial charge in [-0.25, -0.2) is 4.79 Å². The zero-order valence-corrected chi connectivity index (χ0v) is 17.2. The van der Waals surface area contributed by atoms with Crippen molar-refractivity contribution in [2.75, 3.05) is 6.54 Å². The summed E-state index contributed by atoms with van der Waals surface area (Å²) in [6, 6.07) is 9.19. The number of carbonyl (C=O) groups is 2. The number of hydrogen-bond acceptors (Lipinski definition) is 4. The van der Waals surface area contributed by atoms with Crippen LogP contribution in [0.2, 0.25) is 0 Å². The molecule has 2 aliphatic rings. The molecule has 0 radical (unpaired) electrons. The summed E-state index contributed by atoms with van der Waals surface area (Å²) >= 11 is 0. The van der Waals surface area contributed by atoms with Crippen molar-refractivity contribution in [1.82, 2.24) is 10.2 Å². The number of rotatable bonds is 8. The molecular formula is C23H34N2O3. The van der Waals surface area contributed by atoms with Crippen molar-refractivity contribution in [2.24, 2.45) is 5.92 Å². The third kappa shape index (κ3) is 4.93. The Hall–Kier alpha value is -1.88. The van der Waals surface area contributed by atoms with Crippen LogP contribution >= 0.6 is 0 Å². The summed E-state index contributed by atoms with van der Waals surface area (Å²) in [5.41, 5.74) is 0.971. The van der Waals surface area contributed by atoms with Gasteiger partial charge in [-0.3, -0.25) is 4.79 Å². The number of benzene rings is 1. The first-order valence-corrected chi connectivity index (χ1v) is 10.9. The topological polar surface area (TPSA) is 58.6 Å². The summed E-state index contributed by atoms with van der Waals surface area (Å²) in [4.78, 5) is 28.0. The normalized spacial score (nSPS) is 25.2. The Labute approximate surface area is 168 Å². The Balaban J connectivity index is 1.68. The summed E-state index contributed by atoms with van der Waals surface area (Å²) in [6.07, 6.45) is 7.32. The Bertz CT molecular complexity index is 649. The highest BCUT2D eigenvalue weighted by atomic mass is 16.5. The largest absolute Gasteiger partial charge is 0.459 e. The van der Waals surface area contributed by atoms with Gasteiger partial charge in [-0.2, -0.15) is 0 Å². The molecule has 1 aromatic carbocycles. The lowest BCUT2D eigenvalue weighted by Crippen LogP contribution is -2.53. The molecule has 154 valence electrons. The van der Waals surface area contributed by atoms with Crippen LogP contribution in [-0.4, -0.2) is 41.4 Å². The Morgan fingerprint density at radius 3 is 2.71 bits per heavy atom. The van der Waals surface area contributed by atoms with Gasteiger partial charge in [0.15, 0.2) is 0 Å². The quantitative estimate of drug-likeness (QED) is 0.547. The minimum Gasteiger partial charge on any atom is -0.459 e. The molecule has 4 atom stereocenters. The molecule has 0 aromatic heterocycles. The fraction of sp³-hybridized carbons (Fsp3) is 0.652. The van der Waals surface area contributed by atoms with Gasteiger partial charge >= 0.3 is 5.97 Å². The molecule has 5 nitrogen and oxygen atoms in total. The van der Waals surface area contributed by atoms with Gasteiger partial charge in [-0.15, -0.1) is 0 Å². The number of carbonyl (C=O) groups excluding carboxylic acids is 2. The molecule has 28 heavy (non-hydrogen) atoms. The Morgan fingerprint density at radius 1 is 1.21 bits per heavy atom. The minimum absolute atomic E-state index is 0.0483. The molecule has 1 aliphatic heterocycles. The molecular weight excluding hydrogens is 352 g/mol. The Morgan fingerprint density at radius 2 is 1.96 bits per heavy atom. The first-order valence-electron chi connectivity index (χ1n) is 10.9. The number of likely N-dealkylation sites (tertiary alicyclic amines) is 1. The van der Waals surface area contributed by atoms with Crippen molar-refractivity contribution in [2.45, 2.75) is 83.5 Å². The summed E-state index contributed by atoms with van der Waals surface area (Å²) in [6.45, 7) is 5.15. The number of amides is 1. The highest BCUT2D eigenvalue weighted by Gasteiger charge is 2.48. The van der Waals surface area contributed by atoms with E-state index < -0.39 is 6.04 Å². The maximum absolute atomic E-state index is 13.2. The summed E-state index contributed by atoms with van der Waals surface area (Å²) in [5, 5.41) is 3.33. The van der Waals surface area contributed by atoms with Crippen LogP contribution in [-0.2, 0) is 20.9 Å². The SMILES string of the molecule is CCCCN[C@@H](C)C(=O)N1C2CCCCC2C[C@H]1C(=O)OCc1ccccc1. The zero-order valence-electron chi connectivity index (χ0n) is 17.2. The van der Waals surface area contributed by atoms with Gasteiger partial charge in [0, 0.05) is 6.04 Å². The summed E-state index contributed by atoms with van der Waals surface area (Å²) in [5.74, 6) is 0.217. The molecule has 3 rings (SSSR count). The average Bonchev–Trinajstić information content (AvgIpc) is 3.12. The molecule has 1 N–H and O–H groups in total. The van der Waals surface area contributed by atoms with Crippen LogP contribution < -0.4 is 5.32 Å². The fourth-order valence-electron chi connectivity index (χ4n) is 4.62. The van der Waals surface area contributed by atoms with Crippen molar-refractivity contribution >= 4 is 11.9 Å². The van der Waals surface area contributed by atoms with E-state index >= 15 is 0 Å². The molecule has 1 heterocycles. The predicted octanol–water partition coefficient (Wildman–Crippen LogP) is 3.67. The van der Waals surface area contributed by atoms with Gasteiger partial charge < -0.3 is 15.0 Å². The van der Waals surface area contributed by atoms with Crippen molar-refractivity contribution in [3.8, 4) is 0 Å². The van der Waals surface area contributed by atoms with Crippen LogP contribution in [0.5, 0.6) is 0 Å². The number of fused-ring (bicyclic) bond motifs is 1. The molecule has 1 aliphatic carbocycles. The second kappa shape index (κ2) is 10.1. The van der Waals surface area contributed by atoms with E-state index in [9.17, 15) is 9.59 Å². The second-order valence-electron chi connectivity index (χ2n) is 8.23. The first-order chi connectivity index (χ1) is 13.6. The number of esters is 1. The zero-order chi connectivity index (χ0) is 19.9. The van der Waals surface area contributed by atoms with Gasteiger partial charge in [0.05, 0.1) is 6.04 Å². The predicted molar refractivity (Wildman–Crippen MR) is 110 cm³/mol. The van der Waals surface area contributed by atoms with Gasteiger partial charge in [-0.1, -0.05) is 56.5 Å². The second-order valence-corrected chi connectivity index (χ2v) is 8.23. The first kappa shape index (κ1) is 20.8. The van der Waals surface area contributed by atoms with Crippen molar-refractivity contribution in [1.29, 1.82) is 0 Å². The van der Waals surface area contributed by atoms with Gasteiger partial charge in [-0.05, 0) is 50.6 Å². The van der Waals surface area contributed by atoms with E-state index in [0.29, 0.717) is 5.92 Å². The minimum atomic E-state index is -0.445. The molecule has 2 unspecified atom stereocenters. The fourth-order valence-corrected chi connectivity index (χ4v) is 4.62. The molecule has 2 fully saturated rings. The number of hydrogen-bond donors (Lipinski definition) is 1. The molecule has 1 aromatic rings. The number of ether oxygens (including phenoxy) is 1. The standard InChI is InChI=1S/C23H34N2O3/c1-3-4-14-24-17(2)22(26)25-20-13-9-8-12-19(20)15-21(25)23(27)28-16-18-10-6-5-7-11-18/h5-7,10-11,17,19-21,24H,3-4,8-9,12-16H2,1-2H3/t17-,19?,20?,21-/m0/s1.